The summed E-state index contributed by atoms with van der Waals surface area (Å²) in [5.74, 6) is -1.09. The molecule has 1 atom stereocenters. The summed E-state index contributed by atoms with van der Waals surface area (Å²) in [4.78, 5) is 39.0. The van der Waals surface area contributed by atoms with Gasteiger partial charge in [-0.05, 0) is 45.0 Å². The summed E-state index contributed by atoms with van der Waals surface area (Å²) < 4.78 is 13.8. The third-order valence-corrected chi connectivity index (χ3v) is 5.97. The quantitative estimate of drug-likeness (QED) is 0.283. The predicted molar refractivity (Wildman–Crippen MR) is 132 cm³/mol. The molecule has 0 unspecified atom stereocenters. The van der Waals surface area contributed by atoms with Gasteiger partial charge in [-0.15, -0.1) is 0 Å². The topological polar surface area (TPSA) is 92.4 Å². The van der Waals surface area contributed by atoms with E-state index in [9.17, 15) is 14.4 Å². The van der Waals surface area contributed by atoms with Crippen molar-refractivity contribution in [3.05, 3.63) is 93.7 Å². The smallest absolute Gasteiger partial charge is 0.359 e. The summed E-state index contributed by atoms with van der Waals surface area (Å²) in [6.07, 6.45) is 0. The first-order valence-electron chi connectivity index (χ1n) is 11.3. The molecule has 2 aromatic carbocycles. The van der Waals surface area contributed by atoms with Crippen molar-refractivity contribution in [1.29, 1.82) is 0 Å². The average molecular weight is 474 g/mol. The van der Waals surface area contributed by atoms with Crippen molar-refractivity contribution in [3.63, 3.8) is 0 Å². The van der Waals surface area contributed by atoms with Crippen LogP contribution in [0.5, 0.6) is 0 Å². The molecule has 0 amide bonds. The zero-order valence-electron chi connectivity index (χ0n) is 20.1. The minimum absolute atomic E-state index is 0.0314. The molecule has 4 rings (SSSR count). The number of para-hydroxylation sites is 1. The number of carbonyl (C=O) groups excluding carboxylic acids is 2. The number of hydrogen-bond donors (Lipinski definition) is 0. The van der Waals surface area contributed by atoms with Gasteiger partial charge < -0.3 is 14.0 Å². The Morgan fingerprint density at radius 1 is 1.00 bits per heavy atom. The number of benzene rings is 2. The Hall–Kier alpha value is -4.04. The van der Waals surface area contributed by atoms with Crippen LogP contribution in [-0.4, -0.2) is 46.4 Å². The number of carbonyl (C=O) groups is 2. The van der Waals surface area contributed by atoms with Crippen LogP contribution in [0.2, 0.25) is 0 Å². The van der Waals surface area contributed by atoms with Gasteiger partial charge in [-0.25, -0.2) is 4.79 Å². The normalized spacial score (nSPS) is 12.0. The highest BCUT2D eigenvalue weighted by Crippen LogP contribution is 2.22. The minimum Gasteiger partial charge on any atom is -0.452 e. The van der Waals surface area contributed by atoms with Crippen molar-refractivity contribution < 1.29 is 19.1 Å². The lowest BCUT2D eigenvalue weighted by molar-refractivity contribution is 0.0469. The Kier molecular flexibility index (Phi) is 6.93. The molecule has 2 heterocycles. The van der Waals surface area contributed by atoms with Crippen LogP contribution in [0.15, 0.2) is 65.5 Å². The summed E-state index contributed by atoms with van der Waals surface area (Å²) in [6, 6.07) is 17.4. The summed E-state index contributed by atoms with van der Waals surface area (Å²) in [7, 11) is 1.63. The second-order valence-electron chi connectivity index (χ2n) is 8.41. The minimum atomic E-state index is -0.777. The molecule has 0 N–H and O–H groups in total. The summed E-state index contributed by atoms with van der Waals surface area (Å²) in [6.45, 7) is 5.86. The van der Waals surface area contributed by atoms with Crippen molar-refractivity contribution in [2.45, 2.75) is 26.8 Å². The standard InChI is InChI=1S/C27H27N3O5/c1-17-14-23(19(3)29(17)18(2)15-34-4)24(31)16-35-27(33)25-21-12-8-9-13-22(21)26(32)30(28-25)20-10-6-5-7-11-20/h5-14,18H,15-16H2,1-4H3/t18-/m1/s1. The Morgan fingerprint density at radius 2 is 1.66 bits per heavy atom. The van der Waals surface area contributed by atoms with Gasteiger partial charge in [0.05, 0.1) is 23.7 Å². The predicted octanol–water partition coefficient (Wildman–Crippen LogP) is 4.05. The van der Waals surface area contributed by atoms with Crippen LogP contribution in [0.3, 0.4) is 0 Å². The first-order chi connectivity index (χ1) is 16.8. The van der Waals surface area contributed by atoms with Gasteiger partial charge in [-0.3, -0.25) is 9.59 Å². The van der Waals surface area contributed by atoms with Crippen molar-refractivity contribution >= 4 is 22.5 Å². The number of nitrogens with zero attached hydrogens (tertiary/aromatic N) is 3. The van der Waals surface area contributed by atoms with Gasteiger partial charge in [0.2, 0.25) is 5.78 Å². The first-order valence-corrected chi connectivity index (χ1v) is 11.3. The second kappa shape index (κ2) is 10.1. The zero-order valence-corrected chi connectivity index (χ0v) is 20.1. The number of ether oxygens (including phenoxy) is 2. The summed E-state index contributed by atoms with van der Waals surface area (Å²) in [5.41, 5.74) is 2.34. The molecule has 8 nitrogen and oxygen atoms in total. The summed E-state index contributed by atoms with van der Waals surface area (Å²) >= 11 is 0. The highest BCUT2D eigenvalue weighted by atomic mass is 16.5. The molecule has 0 saturated carbocycles. The average Bonchev–Trinajstić information content (AvgIpc) is 3.17. The molecule has 0 radical (unpaired) electrons. The molecule has 0 aliphatic heterocycles. The van der Waals surface area contributed by atoms with E-state index in [4.69, 9.17) is 9.47 Å². The third-order valence-electron chi connectivity index (χ3n) is 5.97. The van der Waals surface area contributed by atoms with Crippen LogP contribution in [-0.2, 0) is 9.47 Å². The maximum absolute atomic E-state index is 13.1. The highest BCUT2D eigenvalue weighted by molar-refractivity contribution is 6.04. The molecule has 0 bridgehead atoms. The van der Waals surface area contributed by atoms with Crippen molar-refractivity contribution in [1.82, 2.24) is 14.3 Å². The van der Waals surface area contributed by atoms with Crippen LogP contribution >= 0.6 is 0 Å². The van der Waals surface area contributed by atoms with E-state index in [0.717, 1.165) is 11.4 Å². The van der Waals surface area contributed by atoms with E-state index >= 15 is 0 Å². The van der Waals surface area contributed by atoms with Crippen molar-refractivity contribution in [2.75, 3.05) is 20.3 Å². The molecular weight excluding hydrogens is 446 g/mol. The molecule has 0 aliphatic carbocycles. The number of fused-ring (bicyclic) bond motifs is 1. The van der Waals surface area contributed by atoms with E-state index in [1.165, 1.54) is 4.68 Å². The molecular formula is C27H27N3O5. The van der Waals surface area contributed by atoms with Gasteiger partial charge >= 0.3 is 5.97 Å². The van der Waals surface area contributed by atoms with Crippen molar-refractivity contribution in [3.8, 4) is 5.69 Å². The molecule has 2 aromatic heterocycles. The molecule has 0 saturated heterocycles. The van der Waals surface area contributed by atoms with Crippen molar-refractivity contribution in [2.24, 2.45) is 0 Å². The van der Waals surface area contributed by atoms with Gasteiger partial charge in [-0.1, -0.05) is 36.4 Å². The van der Waals surface area contributed by atoms with Gasteiger partial charge in [0.25, 0.3) is 5.56 Å². The van der Waals surface area contributed by atoms with E-state index in [0.29, 0.717) is 28.6 Å². The fraction of sp³-hybridized carbons (Fsp3) is 0.259. The fourth-order valence-electron chi connectivity index (χ4n) is 4.42. The zero-order chi connectivity index (χ0) is 25.1. The molecule has 0 fully saturated rings. The fourth-order valence-corrected chi connectivity index (χ4v) is 4.42. The Bertz CT molecular complexity index is 1450. The molecule has 4 aromatic rings. The third kappa shape index (κ3) is 4.65. The monoisotopic (exact) mass is 473 g/mol. The molecule has 180 valence electrons. The number of methoxy groups -OCH3 is 1. The van der Waals surface area contributed by atoms with Gasteiger partial charge in [0.1, 0.15) is 0 Å². The van der Waals surface area contributed by atoms with Crippen LogP contribution in [0.4, 0.5) is 0 Å². The Balaban J connectivity index is 1.63. The summed E-state index contributed by atoms with van der Waals surface area (Å²) in [5, 5.41) is 5.00. The van der Waals surface area contributed by atoms with Crippen LogP contribution in [0, 0.1) is 13.8 Å². The van der Waals surface area contributed by atoms with Crippen LogP contribution < -0.4 is 5.56 Å². The number of aromatic nitrogens is 3. The lowest BCUT2D eigenvalue weighted by Crippen LogP contribution is -2.26. The number of hydrogen-bond acceptors (Lipinski definition) is 6. The highest BCUT2D eigenvalue weighted by Gasteiger charge is 2.23. The largest absolute Gasteiger partial charge is 0.452 e. The first kappa shape index (κ1) is 24.1. The molecule has 0 aliphatic rings. The molecule has 0 spiro atoms. The van der Waals surface area contributed by atoms with E-state index in [1.54, 1.807) is 61.7 Å². The number of esters is 1. The van der Waals surface area contributed by atoms with E-state index in [2.05, 4.69) is 5.10 Å². The Morgan fingerprint density at radius 3 is 2.34 bits per heavy atom. The number of rotatable bonds is 8. The van der Waals surface area contributed by atoms with E-state index < -0.39 is 12.6 Å². The number of Topliss-reactive ketones (excluding diaryl/α,β-unsaturated/α-hetero) is 1. The van der Waals surface area contributed by atoms with Gasteiger partial charge in [-0.2, -0.15) is 9.78 Å². The second-order valence-corrected chi connectivity index (χ2v) is 8.41. The maximum Gasteiger partial charge on any atom is 0.359 e. The SMILES string of the molecule is COC[C@@H](C)n1c(C)cc(C(=O)COC(=O)c2nn(-c3ccccc3)c(=O)c3ccccc23)c1C. The van der Waals surface area contributed by atoms with Crippen LogP contribution in [0.1, 0.15) is 45.2 Å². The lowest BCUT2D eigenvalue weighted by Gasteiger charge is -2.17. The molecule has 8 heteroatoms. The molecule has 35 heavy (non-hydrogen) atoms. The van der Waals surface area contributed by atoms with Gasteiger partial charge in [0.15, 0.2) is 12.3 Å². The lowest BCUT2D eigenvalue weighted by atomic mass is 10.1. The van der Waals surface area contributed by atoms with Crippen LogP contribution in [0.25, 0.3) is 16.5 Å². The Labute approximate surface area is 202 Å². The van der Waals surface area contributed by atoms with E-state index in [1.807, 2.05) is 31.4 Å². The number of ketones is 1. The van der Waals surface area contributed by atoms with E-state index in [-0.39, 0.29) is 23.1 Å². The van der Waals surface area contributed by atoms with Gasteiger partial charge in [0, 0.05) is 29.4 Å². The number of aryl methyl sites for hydroxylation is 1. The maximum atomic E-state index is 13.1.